The van der Waals surface area contributed by atoms with Crippen molar-refractivity contribution >= 4 is 5.91 Å². The summed E-state index contributed by atoms with van der Waals surface area (Å²) in [5.74, 6) is 1.44. The van der Waals surface area contributed by atoms with Crippen LogP contribution < -0.4 is 14.8 Å². The van der Waals surface area contributed by atoms with Crippen LogP contribution in [0.1, 0.15) is 42.0 Å². The first-order valence-corrected chi connectivity index (χ1v) is 9.73. The monoisotopic (exact) mass is 389 g/mol. The van der Waals surface area contributed by atoms with E-state index in [9.17, 15) is 4.79 Å². The van der Waals surface area contributed by atoms with Crippen molar-refractivity contribution in [3.05, 3.63) is 95.6 Å². The van der Waals surface area contributed by atoms with Crippen LogP contribution in [0.4, 0.5) is 0 Å². The smallest absolute Gasteiger partial charge is 0.221 e. The lowest BCUT2D eigenvalue weighted by Gasteiger charge is -2.21. The highest BCUT2D eigenvalue weighted by Gasteiger charge is 2.21. The zero-order valence-electron chi connectivity index (χ0n) is 17.1. The van der Waals surface area contributed by atoms with Crippen LogP contribution >= 0.6 is 0 Å². The van der Waals surface area contributed by atoms with Gasteiger partial charge in [-0.15, -0.1) is 0 Å². The molecule has 4 heteroatoms. The fourth-order valence-electron chi connectivity index (χ4n) is 3.54. The van der Waals surface area contributed by atoms with Gasteiger partial charge in [-0.05, 0) is 36.2 Å². The highest BCUT2D eigenvalue weighted by atomic mass is 16.5. The lowest BCUT2D eigenvalue weighted by molar-refractivity contribution is -0.121. The normalized spacial score (nSPS) is 11.7. The molecule has 0 aromatic heterocycles. The molecule has 0 heterocycles. The van der Waals surface area contributed by atoms with Gasteiger partial charge in [0.1, 0.15) is 11.5 Å². The van der Waals surface area contributed by atoms with Gasteiger partial charge in [0.05, 0.1) is 20.3 Å². The van der Waals surface area contributed by atoms with E-state index in [1.165, 1.54) is 0 Å². The van der Waals surface area contributed by atoms with E-state index >= 15 is 0 Å². The number of hydrogen-bond acceptors (Lipinski definition) is 3. The summed E-state index contributed by atoms with van der Waals surface area (Å²) in [6.45, 7) is 1.95. The van der Waals surface area contributed by atoms with Gasteiger partial charge < -0.3 is 14.8 Å². The van der Waals surface area contributed by atoms with Crippen molar-refractivity contribution in [2.75, 3.05) is 14.2 Å². The molecule has 0 unspecified atom stereocenters. The molecule has 0 bridgehead atoms. The fraction of sp³-hybridized carbons (Fsp3) is 0.240. The van der Waals surface area contributed by atoms with E-state index in [2.05, 4.69) is 29.6 Å². The van der Waals surface area contributed by atoms with Gasteiger partial charge in [0.2, 0.25) is 5.91 Å². The maximum absolute atomic E-state index is 13.0. The fourth-order valence-corrected chi connectivity index (χ4v) is 3.54. The molecular formula is C25H27NO3. The van der Waals surface area contributed by atoms with E-state index in [1.54, 1.807) is 14.2 Å². The Bertz CT molecular complexity index is 886. The first-order chi connectivity index (χ1) is 14.1. The minimum absolute atomic E-state index is 0.00296. The maximum atomic E-state index is 13.0. The van der Waals surface area contributed by atoms with E-state index in [4.69, 9.17) is 9.47 Å². The molecule has 29 heavy (non-hydrogen) atoms. The predicted octanol–water partition coefficient (Wildman–Crippen LogP) is 5.10. The van der Waals surface area contributed by atoms with Gasteiger partial charge in [0.15, 0.2) is 0 Å². The Morgan fingerprint density at radius 2 is 1.45 bits per heavy atom. The number of hydrogen-bond donors (Lipinski definition) is 1. The summed E-state index contributed by atoms with van der Waals surface area (Å²) >= 11 is 0. The number of rotatable bonds is 8. The lowest BCUT2D eigenvalue weighted by Crippen LogP contribution is -2.28. The van der Waals surface area contributed by atoms with Crippen LogP contribution in [0.2, 0.25) is 0 Å². The summed E-state index contributed by atoms with van der Waals surface area (Å²) in [6.07, 6.45) is 0.366. The van der Waals surface area contributed by atoms with Crippen molar-refractivity contribution in [2.45, 2.75) is 25.3 Å². The van der Waals surface area contributed by atoms with Gasteiger partial charge in [0, 0.05) is 17.9 Å². The molecule has 4 nitrogen and oxygen atoms in total. The van der Waals surface area contributed by atoms with E-state index in [-0.39, 0.29) is 17.9 Å². The molecule has 1 amide bonds. The molecule has 0 fully saturated rings. The van der Waals surface area contributed by atoms with E-state index in [0.29, 0.717) is 6.42 Å². The molecule has 0 saturated carbocycles. The van der Waals surface area contributed by atoms with Gasteiger partial charge in [-0.3, -0.25) is 4.79 Å². The van der Waals surface area contributed by atoms with Crippen molar-refractivity contribution < 1.29 is 14.3 Å². The Morgan fingerprint density at radius 3 is 1.97 bits per heavy atom. The summed E-state index contributed by atoms with van der Waals surface area (Å²) in [6, 6.07) is 25.7. The molecule has 0 saturated heterocycles. The second-order valence-electron chi connectivity index (χ2n) is 6.98. The molecule has 0 aliphatic carbocycles. The number of carbonyl (C=O) groups excluding carboxylic acids is 1. The number of nitrogens with one attached hydrogen (secondary N) is 1. The molecule has 0 aliphatic rings. The van der Waals surface area contributed by atoms with Crippen LogP contribution in [-0.2, 0) is 4.79 Å². The Balaban J connectivity index is 1.79. The van der Waals surface area contributed by atoms with Gasteiger partial charge in [-0.25, -0.2) is 0 Å². The predicted molar refractivity (Wildman–Crippen MR) is 115 cm³/mol. The van der Waals surface area contributed by atoms with Crippen LogP contribution in [0.3, 0.4) is 0 Å². The minimum atomic E-state index is -0.209. The SMILES string of the molecule is COc1ccc(OC)c([C@H](C)NC(=O)CC(c2ccccc2)c2ccccc2)c1. The number of carbonyl (C=O) groups is 1. The average molecular weight is 389 g/mol. The van der Waals surface area contributed by atoms with Crippen molar-refractivity contribution in [3.63, 3.8) is 0 Å². The van der Waals surface area contributed by atoms with Gasteiger partial charge in [-0.1, -0.05) is 60.7 Å². The summed E-state index contributed by atoms with van der Waals surface area (Å²) < 4.78 is 10.8. The third kappa shape index (κ3) is 5.17. The van der Waals surface area contributed by atoms with Crippen molar-refractivity contribution in [2.24, 2.45) is 0 Å². The summed E-state index contributed by atoms with van der Waals surface area (Å²) in [7, 11) is 3.25. The van der Waals surface area contributed by atoms with Crippen molar-refractivity contribution in [3.8, 4) is 11.5 Å². The first kappa shape index (κ1) is 20.5. The molecule has 3 aromatic carbocycles. The molecule has 3 rings (SSSR count). The summed E-state index contributed by atoms with van der Waals surface area (Å²) in [5.41, 5.74) is 3.14. The first-order valence-electron chi connectivity index (χ1n) is 9.73. The van der Waals surface area contributed by atoms with Crippen LogP contribution in [0.25, 0.3) is 0 Å². The second-order valence-corrected chi connectivity index (χ2v) is 6.98. The zero-order valence-corrected chi connectivity index (χ0v) is 17.1. The Kier molecular flexibility index (Phi) is 6.90. The maximum Gasteiger partial charge on any atom is 0.221 e. The lowest BCUT2D eigenvalue weighted by atomic mass is 9.88. The molecule has 150 valence electrons. The Hall–Kier alpha value is -3.27. The molecule has 0 radical (unpaired) electrons. The topological polar surface area (TPSA) is 47.6 Å². The number of ether oxygens (including phenoxy) is 2. The molecule has 0 spiro atoms. The van der Waals surface area contributed by atoms with Crippen LogP contribution in [0, 0.1) is 0 Å². The standard InChI is InChI=1S/C25H27NO3/c1-18(22-16-21(28-2)14-15-24(22)29-3)26-25(27)17-23(19-10-6-4-7-11-19)20-12-8-5-9-13-20/h4-16,18,23H,17H2,1-3H3,(H,26,27)/t18-/m0/s1. The van der Waals surface area contributed by atoms with Gasteiger partial charge in [0.25, 0.3) is 0 Å². The number of methoxy groups -OCH3 is 2. The quantitative estimate of drug-likeness (QED) is 0.583. The average Bonchev–Trinajstić information content (AvgIpc) is 2.78. The largest absolute Gasteiger partial charge is 0.497 e. The summed E-state index contributed by atoms with van der Waals surface area (Å²) in [4.78, 5) is 13.0. The third-order valence-electron chi connectivity index (χ3n) is 5.07. The second kappa shape index (κ2) is 9.78. The Labute approximate surface area is 172 Å². The van der Waals surface area contributed by atoms with E-state index in [0.717, 1.165) is 28.2 Å². The van der Waals surface area contributed by atoms with Crippen molar-refractivity contribution in [1.82, 2.24) is 5.32 Å². The van der Waals surface area contributed by atoms with Crippen LogP contribution in [0.5, 0.6) is 11.5 Å². The van der Waals surface area contributed by atoms with E-state index in [1.807, 2.05) is 61.5 Å². The molecule has 1 atom stereocenters. The van der Waals surface area contributed by atoms with Crippen molar-refractivity contribution in [1.29, 1.82) is 0 Å². The summed E-state index contributed by atoms with van der Waals surface area (Å²) in [5, 5.41) is 3.12. The van der Waals surface area contributed by atoms with Crippen LogP contribution in [0.15, 0.2) is 78.9 Å². The van der Waals surface area contributed by atoms with Gasteiger partial charge >= 0.3 is 0 Å². The van der Waals surface area contributed by atoms with Gasteiger partial charge in [-0.2, -0.15) is 0 Å². The number of amides is 1. The third-order valence-corrected chi connectivity index (χ3v) is 5.07. The molecule has 1 N–H and O–H groups in total. The Morgan fingerprint density at radius 1 is 0.862 bits per heavy atom. The molecule has 0 aliphatic heterocycles. The van der Waals surface area contributed by atoms with Crippen LogP contribution in [-0.4, -0.2) is 20.1 Å². The molecular weight excluding hydrogens is 362 g/mol. The molecule has 3 aromatic rings. The zero-order chi connectivity index (χ0) is 20.6. The minimum Gasteiger partial charge on any atom is -0.497 e. The number of benzene rings is 3. The highest BCUT2D eigenvalue weighted by Crippen LogP contribution is 2.31. The van der Waals surface area contributed by atoms with E-state index < -0.39 is 0 Å². The highest BCUT2D eigenvalue weighted by molar-refractivity contribution is 5.78.